The zero-order chi connectivity index (χ0) is 18.4. The van der Waals surface area contributed by atoms with E-state index in [0.717, 1.165) is 11.1 Å². The van der Waals surface area contributed by atoms with Crippen LogP contribution in [-0.4, -0.2) is 36.2 Å². The summed E-state index contributed by atoms with van der Waals surface area (Å²) < 4.78 is 28.4. The molecule has 0 fully saturated rings. The van der Waals surface area contributed by atoms with E-state index in [4.69, 9.17) is 0 Å². The third kappa shape index (κ3) is 4.93. The minimum Gasteiger partial charge on any atom is -0.351 e. The number of rotatable bonds is 7. The molecule has 0 aliphatic rings. The molecule has 0 saturated carbocycles. The number of carbonyl (C=O) groups is 1. The molecule has 3 rings (SSSR count). The summed E-state index contributed by atoms with van der Waals surface area (Å²) in [6.07, 6.45) is 6.35. The van der Waals surface area contributed by atoms with Gasteiger partial charge >= 0.3 is 0 Å². The van der Waals surface area contributed by atoms with Gasteiger partial charge in [0.25, 0.3) is 0 Å². The fraction of sp³-hybridized carbons (Fsp3) is 0.111. The normalized spacial score (nSPS) is 11.7. The SMILES string of the molecule is O=C(C=Cc1ccccc1)NCCS(=O)(=O)Nc1ccn2nccc2c1. The van der Waals surface area contributed by atoms with Gasteiger partial charge in [-0.1, -0.05) is 30.3 Å². The van der Waals surface area contributed by atoms with Crippen LogP contribution in [0.3, 0.4) is 0 Å². The van der Waals surface area contributed by atoms with Crippen molar-refractivity contribution in [1.29, 1.82) is 0 Å². The van der Waals surface area contributed by atoms with Crippen molar-refractivity contribution >= 4 is 33.2 Å². The number of amides is 1. The first-order valence-corrected chi connectivity index (χ1v) is 9.62. The van der Waals surface area contributed by atoms with Crippen LogP contribution in [0.25, 0.3) is 11.6 Å². The number of hydrogen-bond donors (Lipinski definition) is 2. The van der Waals surface area contributed by atoms with Crippen LogP contribution in [0.5, 0.6) is 0 Å². The van der Waals surface area contributed by atoms with Crippen LogP contribution in [0.1, 0.15) is 5.56 Å². The van der Waals surface area contributed by atoms with Crippen LogP contribution in [0.4, 0.5) is 5.69 Å². The van der Waals surface area contributed by atoms with Crippen LogP contribution in [0.15, 0.2) is 67.0 Å². The zero-order valence-corrected chi connectivity index (χ0v) is 14.7. The van der Waals surface area contributed by atoms with Crippen molar-refractivity contribution < 1.29 is 13.2 Å². The van der Waals surface area contributed by atoms with Crippen molar-refractivity contribution in [2.45, 2.75) is 0 Å². The zero-order valence-electron chi connectivity index (χ0n) is 13.9. The molecule has 26 heavy (non-hydrogen) atoms. The molecule has 2 aromatic heterocycles. The highest BCUT2D eigenvalue weighted by Crippen LogP contribution is 2.13. The lowest BCUT2D eigenvalue weighted by atomic mass is 10.2. The van der Waals surface area contributed by atoms with Crippen molar-refractivity contribution in [3.05, 3.63) is 72.6 Å². The molecule has 0 bridgehead atoms. The Morgan fingerprint density at radius 3 is 2.77 bits per heavy atom. The minimum atomic E-state index is -3.57. The number of carbonyl (C=O) groups excluding carboxylic acids is 1. The Morgan fingerprint density at radius 1 is 1.15 bits per heavy atom. The molecule has 1 amide bonds. The van der Waals surface area contributed by atoms with Crippen molar-refractivity contribution in [3.8, 4) is 0 Å². The van der Waals surface area contributed by atoms with E-state index in [1.807, 2.05) is 30.3 Å². The number of nitrogens with one attached hydrogen (secondary N) is 2. The molecule has 0 aliphatic carbocycles. The van der Waals surface area contributed by atoms with Gasteiger partial charge in [-0.2, -0.15) is 5.10 Å². The minimum absolute atomic E-state index is 0.0161. The first-order chi connectivity index (χ1) is 12.5. The predicted octanol–water partition coefficient (Wildman–Crippen LogP) is 1.91. The van der Waals surface area contributed by atoms with Crippen LogP contribution in [0.2, 0.25) is 0 Å². The van der Waals surface area contributed by atoms with E-state index in [9.17, 15) is 13.2 Å². The van der Waals surface area contributed by atoms with Gasteiger partial charge in [0, 0.05) is 25.0 Å². The lowest BCUT2D eigenvalue weighted by molar-refractivity contribution is -0.116. The van der Waals surface area contributed by atoms with Crippen LogP contribution < -0.4 is 10.0 Å². The molecule has 1 aromatic carbocycles. The average molecular weight is 370 g/mol. The summed E-state index contributed by atoms with van der Waals surface area (Å²) in [4.78, 5) is 11.8. The van der Waals surface area contributed by atoms with Crippen molar-refractivity contribution in [3.63, 3.8) is 0 Å². The van der Waals surface area contributed by atoms with Crippen LogP contribution in [0, 0.1) is 0 Å². The predicted molar refractivity (Wildman–Crippen MR) is 101 cm³/mol. The third-order valence-corrected chi connectivity index (χ3v) is 4.86. The fourth-order valence-electron chi connectivity index (χ4n) is 2.32. The number of aromatic nitrogens is 2. The van der Waals surface area contributed by atoms with E-state index >= 15 is 0 Å². The van der Waals surface area contributed by atoms with Crippen molar-refractivity contribution in [1.82, 2.24) is 14.9 Å². The van der Waals surface area contributed by atoms with Gasteiger partial charge in [-0.15, -0.1) is 0 Å². The van der Waals surface area contributed by atoms with E-state index in [1.54, 1.807) is 41.2 Å². The van der Waals surface area contributed by atoms with Crippen molar-refractivity contribution in [2.75, 3.05) is 17.0 Å². The second-order valence-electron chi connectivity index (χ2n) is 5.57. The lowest BCUT2D eigenvalue weighted by Gasteiger charge is -2.08. The number of nitrogens with zero attached hydrogens (tertiary/aromatic N) is 2. The molecule has 0 spiro atoms. The maximum atomic E-state index is 12.1. The van der Waals surface area contributed by atoms with Gasteiger partial charge in [0.15, 0.2) is 0 Å². The Kier molecular flexibility index (Phi) is 5.33. The number of fused-ring (bicyclic) bond motifs is 1. The average Bonchev–Trinajstić information content (AvgIpc) is 3.08. The Morgan fingerprint density at radius 2 is 1.96 bits per heavy atom. The Bertz CT molecular complexity index is 1030. The molecule has 8 heteroatoms. The summed E-state index contributed by atoms with van der Waals surface area (Å²) in [7, 11) is -3.57. The topological polar surface area (TPSA) is 92.6 Å². The fourth-order valence-corrected chi connectivity index (χ4v) is 3.28. The highest BCUT2D eigenvalue weighted by atomic mass is 32.2. The molecule has 3 aromatic rings. The van der Waals surface area contributed by atoms with Gasteiger partial charge in [0.2, 0.25) is 15.9 Å². The summed E-state index contributed by atoms with van der Waals surface area (Å²) in [6, 6.07) is 14.5. The van der Waals surface area contributed by atoms with Crippen molar-refractivity contribution in [2.24, 2.45) is 0 Å². The lowest BCUT2D eigenvalue weighted by Crippen LogP contribution is -2.30. The van der Waals surface area contributed by atoms with Gasteiger partial charge < -0.3 is 5.32 Å². The molecule has 0 atom stereocenters. The largest absolute Gasteiger partial charge is 0.351 e. The Balaban J connectivity index is 1.50. The van der Waals surface area contributed by atoms with Crippen LogP contribution in [-0.2, 0) is 14.8 Å². The number of anilines is 1. The molecule has 134 valence electrons. The van der Waals surface area contributed by atoms with E-state index in [1.165, 1.54) is 6.08 Å². The Hall–Kier alpha value is -3.13. The molecule has 0 saturated heterocycles. The molecular formula is C18H18N4O3S. The van der Waals surface area contributed by atoms with Gasteiger partial charge in [-0.3, -0.25) is 9.52 Å². The second kappa shape index (κ2) is 7.83. The van der Waals surface area contributed by atoms with E-state index in [-0.39, 0.29) is 18.2 Å². The number of benzene rings is 1. The first-order valence-electron chi connectivity index (χ1n) is 7.97. The maximum absolute atomic E-state index is 12.1. The second-order valence-corrected chi connectivity index (χ2v) is 7.41. The van der Waals surface area contributed by atoms with E-state index in [0.29, 0.717) is 5.69 Å². The molecule has 0 radical (unpaired) electrons. The molecule has 2 N–H and O–H groups in total. The summed E-state index contributed by atoms with van der Waals surface area (Å²) >= 11 is 0. The third-order valence-electron chi connectivity index (χ3n) is 3.57. The Labute approximate surface area is 151 Å². The highest BCUT2D eigenvalue weighted by Gasteiger charge is 2.11. The number of pyridine rings is 1. The van der Waals surface area contributed by atoms with Gasteiger partial charge in [0.1, 0.15) is 0 Å². The standard InChI is InChI=1S/C18H18N4O3S/c23-18(7-6-15-4-2-1-3-5-15)19-11-13-26(24,25)21-16-9-12-22-17(14-16)8-10-20-22/h1-10,12,14,21H,11,13H2,(H,19,23). The monoisotopic (exact) mass is 370 g/mol. The van der Waals surface area contributed by atoms with E-state index in [2.05, 4.69) is 15.1 Å². The maximum Gasteiger partial charge on any atom is 0.244 e. The molecular weight excluding hydrogens is 352 g/mol. The summed E-state index contributed by atoms with van der Waals surface area (Å²) in [6.45, 7) is 0.0161. The van der Waals surface area contributed by atoms with Gasteiger partial charge in [-0.05, 0) is 29.8 Å². The summed E-state index contributed by atoms with van der Waals surface area (Å²) in [5.41, 5.74) is 2.13. The smallest absolute Gasteiger partial charge is 0.244 e. The molecule has 0 unspecified atom stereocenters. The number of hydrogen-bond acceptors (Lipinski definition) is 4. The highest BCUT2D eigenvalue weighted by molar-refractivity contribution is 7.92. The van der Waals surface area contributed by atoms with Gasteiger partial charge in [0.05, 0.1) is 17.0 Å². The van der Waals surface area contributed by atoms with Crippen LogP contribution >= 0.6 is 0 Å². The first kappa shape index (κ1) is 17.7. The van der Waals surface area contributed by atoms with E-state index < -0.39 is 10.0 Å². The summed E-state index contributed by atoms with van der Waals surface area (Å²) in [5, 5.41) is 6.61. The molecule has 0 aliphatic heterocycles. The van der Waals surface area contributed by atoms with Gasteiger partial charge in [-0.25, -0.2) is 12.9 Å². The summed E-state index contributed by atoms with van der Waals surface area (Å²) in [5.74, 6) is -0.563. The molecule has 2 heterocycles. The quantitative estimate of drug-likeness (QED) is 0.622. The molecule has 7 nitrogen and oxygen atoms in total. The number of sulfonamides is 1.